The molecule has 0 spiro atoms. The van der Waals surface area contributed by atoms with Crippen LogP contribution in [0.2, 0.25) is 0 Å². The molecule has 1 atom stereocenters. The highest BCUT2D eigenvalue weighted by atomic mass is 16.4. The lowest BCUT2D eigenvalue weighted by Gasteiger charge is -2.07. The first-order chi connectivity index (χ1) is 13.7. The Hall–Kier alpha value is -0.790. The molecule has 0 fully saturated rings. The largest absolute Gasteiger partial charge is 0.481 e. The number of allylic oxidation sites excluding steroid dienone is 2. The lowest BCUT2D eigenvalue weighted by Crippen LogP contribution is -2.03. The molecule has 0 bridgehead atoms. The second-order valence-corrected chi connectivity index (χ2v) is 8.84. The molecule has 28 heavy (non-hydrogen) atoms. The van der Waals surface area contributed by atoms with Crippen molar-refractivity contribution in [2.24, 2.45) is 5.92 Å². The number of unbranched alkanes of at least 4 members (excludes halogenated alkanes) is 16. The molecule has 1 N–H and O–H groups in total. The average molecular weight is 395 g/mol. The van der Waals surface area contributed by atoms with E-state index in [-0.39, 0.29) is 0 Å². The minimum absolute atomic E-state index is 0.328. The average Bonchev–Trinajstić information content (AvgIpc) is 2.66. The second kappa shape index (κ2) is 22.5. The van der Waals surface area contributed by atoms with Crippen molar-refractivity contribution in [3.8, 4) is 0 Å². The summed E-state index contributed by atoms with van der Waals surface area (Å²) in [6, 6.07) is 0. The van der Waals surface area contributed by atoms with E-state index in [9.17, 15) is 4.79 Å². The first kappa shape index (κ1) is 27.2. The number of hydrogen-bond donors (Lipinski definition) is 1. The molecular formula is C26H50O2. The summed E-state index contributed by atoms with van der Waals surface area (Å²) in [6.45, 7) is 4.33. The van der Waals surface area contributed by atoms with Crippen LogP contribution in [0.15, 0.2) is 12.2 Å². The second-order valence-electron chi connectivity index (χ2n) is 8.84. The molecule has 0 aliphatic heterocycles. The van der Waals surface area contributed by atoms with E-state index in [1.165, 1.54) is 116 Å². The van der Waals surface area contributed by atoms with Gasteiger partial charge in [-0.1, -0.05) is 122 Å². The Morgan fingerprint density at radius 3 is 1.50 bits per heavy atom. The normalized spacial score (nSPS) is 12.6. The first-order valence-electron chi connectivity index (χ1n) is 12.5. The molecule has 0 saturated heterocycles. The van der Waals surface area contributed by atoms with Gasteiger partial charge in [-0.05, 0) is 31.6 Å². The minimum Gasteiger partial charge on any atom is -0.481 e. The lowest BCUT2D eigenvalue weighted by atomic mass is 9.99. The van der Waals surface area contributed by atoms with Crippen LogP contribution < -0.4 is 0 Å². The van der Waals surface area contributed by atoms with Gasteiger partial charge in [0.05, 0.1) is 0 Å². The van der Waals surface area contributed by atoms with Crippen molar-refractivity contribution in [1.82, 2.24) is 0 Å². The molecule has 0 heterocycles. The van der Waals surface area contributed by atoms with E-state index in [0.29, 0.717) is 12.3 Å². The third-order valence-corrected chi connectivity index (χ3v) is 5.73. The summed E-state index contributed by atoms with van der Waals surface area (Å²) < 4.78 is 0. The van der Waals surface area contributed by atoms with Gasteiger partial charge in [0.25, 0.3) is 0 Å². The Balaban J connectivity index is 3.13. The van der Waals surface area contributed by atoms with Gasteiger partial charge in [-0.3, -0.25) is 4.79 Å². The fraction of sp³-hybridized carbons (Fsp3) is 0.885. The summed E-state index contributed by atoms with van der Waals surface area (Å²) in [6.07, 6.45) is 30.6. The topological polar surface area (TPSA) is 37.3 Å². The van der Waals surface area contributed by atoms with Crippen LogP contribution in [0, 0.1) is 5.92 Å². The van der Waals surface area contributed by atoms with Gasteiger partial charge in [0.15, 0.2) is 0 Å². The van der Waals surface area contributed by atoms with Gasteiger partial charge in [0.1, 0.15) is 0 Å². The molecule has 166 valence electrons. The van der Waals surface area contributed by atoms with Gasteiger partial charge in [-0.2, -0.15) is 0 Å². The van der Waals surface area contributed by atoms with Crippen molar-refractivity contribution in [1.29, 1.82) is 0 Å². The zero-order valence-corrected chi connectivity index (χ0v) is 19.2. The predicted molar refractivity (Wildman–Crippen MR) is 124 cm³/mol. The number of carbonyl (C=O) groups is 1. The summed E-state index contributed by atoms with van der Waals surface area (Å²) in [4.78, 5) is 10.6. The maximum absolute atomic E-state index is 10.6. The van der Waals surface area contributed by atoms with E-state index < -0.39 is 5.97 Å². The Kier molecular flexibility index (Phi) is 21.9. The third kappa shape index (κ3) is 23.2. The molecule has 0 aliphatic rings. The summed E-state index contributed by atoms with van der Waals surface area (Å²) in [5, 5.41) is 8.75. The van der Waals surface area contributed by atoms with Crippen molar-refractivity contribution < 1.29 is 9.90 Å². The molecule has 0 aromatic heterocycles. The number of hydrogen-bond acceptors (Lipinski definition) is 1. The highest BCUT2D eigenvalue weighted by Crippen LogP contribution is 2.16. The van der Waals surface area contributed by atoms with E-state index >= 15 is 0 Å². The van der Waals surface area contributed by atoms with Crippen molar-refractivity contribution >= 4 is 5.97 Å². The summed E-state index contributed by atoms with van der Waals surface area (Å²) in [7, 11) is 0. The molecule has 0 amide bonds. The third-order valence-electron chi connectivity index (χ3n) is 5.73. The van der Waals surface area contributed by atoms with Gasteiger partial charge < -0.3 is 5.11 Å². The maximum Gasteiger partial charge on any atom is 0.303 e. The standard InChI is InChI=1S/C26H50O2/c1-3-4-5-6-7-8-9-10-11-12-13-14-15-16-17-18-19-20-21-22-23-25(2)24-26(27)28/h10-11,25H,3-9,12-24H2,1-2H3,(H,27,28)/b11-10+/t25-/m1/s1. The molecule has 0 aromatic carbocycles. The van der Waals surface area contributed by atoms with E-state index in [1.807, 2.05) is 0 Å². The van der Waals surface area contributed by atoms with Crippen molar-refractivity contribution in [3.05, 3.63) is 12.2 Å². The Labute approximate surface area is 176 Å². The van der Waals surface area contributed by atoms with E-state index in [4.69, 9.17) is 5.11 Å². The van der Waals surface area contributed by atoms with Crippen LogP contribution >= 0.6 is 0 Å². The van der Waals surface area contributed by atoms with E-state index in [0.717, 1.165) is 6.42 Å². The molecule has 2 heteroatoms. The highest BCUT2D eigenvalue weighted by molar-refractivity contribution is 5.66. The SMILES string of the molecule is CCCCCCCC/C=C/CCCCCCCCCCCC[C@@H](C)CC(=O)O. The van der Waals surface area contributed by atoms with E-state index in [1.54, 1.807) is 0 Å². The molecule has 0 saturated carbocycles. The van der Waals surface area contributed by atoms with Crippen LogP contribution in [0.5, 0.6) is 0 Å². The van der Waals surface area contributed by atoms with Crippen molar-refractivity contribution in [2.45, 2.75) is 142 Å². The van der Waals surface area contributed by atoms with Gasteiger partial charge in [0.2, 0.25) is 0 Å². The van der Waals surface area contributed by atoms with Crippen LogP contribution in [0.1, 0.15) is 142 Å². The number of carboxylic acid groups (broad SMARTS) is 1. The van der Waals surface area contributed by atoms with Gasteiger partial charge in [-0.25, -0.2) is 0 Å². The minimum atomic E-state index is -0.656. The van der Waals surface area contributed by atoms with Gasteiger partial charge in [0, 0.05) is 6.42 Å². The molecular weight excluding hydrogens is 344 g/mol. The van der Waals surface area contributed by atoms with Crippen molar-refractivity contribution in [2.75, 3.05) is 0 Å². The monoisotopic (exact) mass is 394 g/mol. The summed E-state index contributed by atoms with van der Waals surface area (Å²) in [5.74, 6) is -0.320. The van der Waals surface area contributed by atoms with Gasteiger partial charge in [-0.15, -0.1) is 0 Å². The Bertz CT molecular complexity index is 348. The molecule has 0 radical (unpaired) electrons. The molecule has 2 nitrogen and oxygen atoms in total. The lowest BCUT2D eigenvalue weighted by molar-refractivity contribution is -0.138. The van der Waals surface area contributed by atoms with Crippen molar-refractivity contribution in [3.63, 3.8) is 0 Å². The van der Waals surface area contributed by atoms with Crippen LogP contribution in [0.4, 0.5) is 0 Å². The summed E-state index contributed by atoms with van der Waals surface area (Å²) in [5.41, 5.74) is 0. The number of rotatable bonds is 22. The molecule has 0 aliphatic carbocycles. The quantitative estimate of drug-likeness (QED) is 0.147. The van der Waals surface area contributed by atoms with Gasteiger partial charge >= 0.3 is 5.97 Å². The summed E-state index contributed by atoms with van der Waals surface area (Å²) >= 11 is 0. The highest BCUT2D eigenvalue weighted by Gasteiger charge is 2.06. The Morgan fingerprint density at radius 1 is 0.679 bits per heavy atom. The fourth-order valence-corrected chi connectivity index (χ4v) is 3.85. The Morgan fingerprint density at radius 2 is 1.07 bits per heavy atom. The fourth-order valence-electron chi connectivity index (χ4n) is 3.85. The van der Waals surface area contributed by atoms with Crippen LogP contribution in [-0.2, 0) is 4.79 Å². The molecule has 0 rings (SSSR count). The zero-order valence-electron chi connectivity index (χ0n) is 19.2. The van der Waals surface area contributed by atoms with Crippen LogP contribution in [-0.4, -0.2) is 11.1 Å². The number of carboxylic acids is 1. The zero-order chi connectivity index (χ0) is 20.7. The smallest absolute Gasteiger partial charge is 0.303 e. The van der Waals surface area contributed by atoms with E-state index in [2.05, 4.69) is 26.0 Å². The molecule has 0 aromatic rings. The predicted octanol–water partition coefficient (Wildman–Crippen LogP) is 9.09. The number of aliphatic carboxylic acids is 1. The molecule has 0 unspecified atom stereocenters. The van der Waals surface area contributed by atoms with Crippen LogP contribution in [0.3, 0.4) is 0 Å². The first-order valence-corrected chi connectivity index (χ1v) is 12.5. The maximum atomic E-state index is 10.6. The van der Waals surface area contributed by atoms with Crippen LogP contribution in [0.25, 0.3) is 0 Å².